The van der Waals surface area contributed by atoms with Crippen LogP contribution in [-0.4, -0.2) is 25.7 Å². The van der Waals surface area contributed by atoms with Crippen molar-refractivity contribution in [3.8, 4) is 5.69 Å². The van der Waals surface area contributed by atoms with Gasteiger partial charge in [-0.15, -0.1) is 11.5 Å². The van der Waals surface area contributed by atoms with Crippen LogP contribution in [0.25, 0.3) is 55.5 Å². The van der Waals surface area contributed by atoms with Gasteiger partial charge in [-0.05, 0) is 119 Å². The smallest absolute Gasteiger partial charge is 0.146 e. The molecule has 7 aromatic rings. The fourth-order valence-corrected chi connectivity index (χ4v) is 8.25. The molecule has 0 N–H and O–H groups in total. The fourth-order valence-electron chi connectivity index (χ4n) is 8.25. The van der Waals surface area contributed by atoms with Gasteiger partial charge < -0.3 is 0 Å². The molecule has 59 heavy (non-hydrogen) atoms. The Morgan fingerprint density at radius 3 is 2.44 bits per heavy atom. The van der Waals surface area contributed by atoms with Crippen molar-refractivity contribution in [2.45, 2.75) is 0 Å². The third-order valence-electron chi connectivity index (χ3n) is 10.9. The first kappa shape index (κ1) is 33.9. The molecule has 0 spiro atoms. The molecule has 0 saturated heterocycles. The topological polar surface area (TPSA) is 59.2 Å². The van der Waals surface area contributed by atoms with Crippen LogP contribution in [0, 0.1) is 0 Å². The van der Waals surface area contributed by atoms with Crippen LogP contribution in [-0.2, 0) is 0 Å². The Balaban J connectivity index is 1.01. The highest BCUT2D eigenvalue weighted by Crippen LogP contribution is 2.43. The Bertz CT molecular complexity index is 3320. The number of pyridine rings is 3. The zero-order chi connectivity index (χ0) is 39.1. The van der Waals surface area contributed by atoms with E-state index in [9.17, 15) is 0 Å². The average Bonchev–Trinajstić information content (AvgIpc) is 3.62. The predicted octanol–water partition coefficient (Wildman–Crippen LogP) is 12.0. The Morgan fingerprint density at radius 1 is 0.644 bits per heavy atom. The van der Waals surface area contributed by atoms with E-state index < -0.39 is 0 Å². The molecule has 6 heterocycles. The Kier molecular flexibility index (Phi) is 8.22. The van der Waals surface area contributed by atoms with Gasteiger partial charge in [-0.1, -0.05) is 72.5 Å². The van der Waals surface area contributed by atoms with Gasteiger partial charge >= 0.3 is 0 Å². The van der Waals surface area contributed by atoms with Crippen molar-refractivity contribution in [2.24, 2.45) is 4.99 Å². The monoisotopic (exact) mass is 752 g/mol. The first-order chi connectivity index (χ1) is 29.3. The van der Waals surface area contributed by atoms with E-state index in [1.54, 1.807) is 12.4 Å². The van der Waals surface area contributed by atoms with Crippen LogP contribution in [0.2, 0.25) is 0 Å². The lowest BCUT2D eigenvalue weighted by Gasteiger charge is -2.28. The van der Waals surface area contributed by atoms with Crippen LogP contribution in [0.1, 0.15) is 27.8 Å². The molecular formula is C53H32N6. The second-order valence-electron chi connectivity index (χ2n) is 14.3. The highest BCUT2D eigenvalue weighted by Gasteiger charge is 2.26. The standard InChI is InChI=1S/C53H32N6/c1-2-16-45(46(17-3-1)39-13-9-27-55-35-39)37-23-25-51-50(32-37)49-21-11-29-57-53(49)59(51)42-15-8-14-41(33-42)58-43-24-22-36(30-40(31-43)48-20-10-28-56-52(48)58)44-18-4-5-19-47(44)38-12-6-7-26-54-34-38/h1-5,7-15,17-30,32-35H. The summed E-state index contributed by atoms with van der Waals surface area (Å²) in [6, 6.07) is 36.0. The second-order valence-corrected chi connectivity index (χ2v) is 14.3. The second kappa shape index (κ2) is 14.3. The molecule has 2 bridgehead atoms. The van der Waals surface area contributed by atoms with Gasteiger partial charge in [0, 0.05) is 81.5 Å². The van der Waals surface area contributed by atoms with Gasteiger partial charge in [-0.25, -0.2) is 9.97 Å². The summed E-state index contributed by atoms with van der Waals surface area (Å²) >= 11 is 0. The van der Waals surface area contributed by atoms with Gasteiger partial charge in [0.05, 0.1) is 16.9 Å². The van der Waals surface area contributed by atoms with E-state index in [4.69, 9.17) is 9.97 Å². The van der Waals surface area contributed by atoms with Gasteiger partial charge in [-0.2, -0.15) is 0 Å². The van der Waals surface area contributed by atoms with Crippen LogP contribution in [0.15, 0.2) is 217 Å². The van der Waals surface area contributed by atoms with Crippen LogP contribution in [0.4, 0.5) is 11.5 Å². The molecule has 4 aliphatic rings. The number of anilines is 2. The van der Waals surface area contributed by atoms with E-state index in [1.807, 2.05) is 67.3 Å². The largest absolute Gasteiger partial charge is 0.294 e. The number of rotatable bonds is 6. The molecule has 4 aromatic heterocycles. The van der Waals surface area contributed by atoms with Crippen LogP contribution in [0.5, 0.6) is 0 Å². The van der Waals surface area contributed by atoms with E-state index >= 15 is 0 Å². The normalized spacial score (nSPS) is 15.2. The summed E-state index contributed by atoms with van der Waals surface area (Å²) in [6.45, 7) is 0. The summed E-state index contributed by atoms with van der Waals surface area (Å²) in [6.07, 6.45) is 29.5. The fraction of sp³-hybridized carbons (Fsp3) is 0. The molecule has 0 amide bonds. The third kappa shape index (κ3) is 5.95. The van der Waals surface area contributed by atoms with Gasteiger partial charge in [0.15, 0.2) is 0 Å². The first-order valence-electron chi connectivity index (χ1n) is 19.4. The highest BCUT2D eigenvalue weighted by atomic mass is 15.2. The number of allylic oxidation sites excluding steroid dienone is 11. The zero-order valence-electron chi connectivity index (χ0n) is 31.7. The lowest BCUT2D eigenvalue weighted by atomic mass is 9.92. The summed E-state index contributed by atoms with van der Waals surface area (Å²) in [5.74, 6) is 0.847. The van der Waals surface area contributed by atoms with Gasteiger partial charge in [-0.3, -0.25) is 19.4 Å². The molecule has 0 atom stereocenters. The van der Waals surface area contributed by atoms with E-state index in [1.165, 1.54) is 0 Å². The quantitative estimate of drug-likeness (QED) is 0.159. The van der Waals surface area contributed by atoms with E-state index in [0.717, 1.165) is 101 Å². The lowest BCUT2D eigenvalue weighted by molar-refractivity contribution is 1.10. The molecule has 2 aliphatic carbocycles. The van der Waals surface area contributed by atoms with Crippen molar-refractivity contribution < 1.29 is 0 Å². The minimum Gasteiger partial charge on any atom is -0.294 e. The Labute approximate surface area is 340 Å². The van der Waals surface area contributed by atoms with E-state index in [-0.39, 0.29) is 0 Å². The summed E-state index contributed by atoms with van der Waals surface area (Å²) in [5, 5.41) is 2.18. The molecule has 0 saturated carbocycles. The molecule has 274 valence electrons. The third-order valence-corrected chi connectivity index (χ3v) is 10.9. The van der Waals surface area contributed by atoms with Crippen LogP contribution >= 0.6 is 0 Å². The molecule has 2 aliphatic heterocycles. The van der Waals surface area contributed by atoms with E-state index in [0.29, 0.717) is 0 Å². The van der Waals surface area contributed by atoms with Crippen LogP contribution < -0.4 is 4.90 Å². The first-order valence-corrected chi connectivity index (χ1v) is 19.4. The minimum absolute atomic E-state index is 0.847. The molecule has 0 fully saturated rings. The number of hydrogen-bond donors (Lipinski definition) is 0. The van der Waals surface area contributed by atoms with Crippen LogP contribution in [0.3, 0.4) is 0 Å². The number of fused-ring (bicyclic) bond motifs is 5. The molecule has 3 aromatic carbocycles. The molecule has 6 nitrogen and oxygen atoms in total. The van der Waals surface area contributed by atoms with Gasteiger partial charge in [0.2, 0.25) is 0 Å². The molecular weight excluding hydrogens is 721 g/mol. The summed E-state index contributed by atoms with van der Waals surface area (Å²) in [5.41, 5.74) is 25.7. The van der Waals surface area contributed by atoms with Crippen molar-refractivity contribution in [2.75, 3.05) is 4.90 Å². The SMILES string of the molecule is C1=CC=NC=C(c2ccccc2C2=CC3=C=C(C=C2)N(c2cccc(-n4c5ccc(C6=C=CC=CC=C6c6cccnc6)cc5c5cccnc54)c2)c2ncccc23)C=1. The Hall–Kier alpha value is -8.36. The van der Waals surface area contributed by atoms with Gasteiger partial charge in [0.25, 0.3) is 0 Å². The summed E-state index contributed by atoms with van der Waals surface area (Å²) < 4.78 is 2.25. The maximum absolute atomic E-state index is 4.98. The van der Waals surface area contributed by atoms with Crippen molar-refractivity contribution >= 4 is 67.5 Å². The number of aromatic nitrogens is 4. The Morgan fingerprint density at radius 2 is 1.51 bits per heavy atom. The minimum atomic E-state index is 0.847. The van der Waals surface area contributed by atoms with Crippen molar-refractivity contribution in [1.29, 1.82) is 0 Å². The molecule has 11 rings (SSSR count). The lowest BCUT2D eigenvalue weighted by Crippen LogP contribution is -2.19. The number of benzene rings is 3. The molecule has 0 radical (unpaired) electrons. The highest BCUT2D eigenvalue weighted by molar-refractivity contribution is 6.12. The van der Waals surface area contributed by atoms with Gasteiger partial charge in [0.1, 0.15) is 11.5 Å². The van der Waals surface area contributed by atoms with Crippen molar-refractivity contribution in [1.82, 2.24) is 19.5 Å². The average molecular weight is 753 g/mol. The number of nitrogens with zero attached hydrogens (tertiary/aromatic N) is 6. The molecule has 0 unspecified atom stereocenters. The number of hydrogen-bond acceptors (Lipinski definition) is 5. The maximum Gasteiger partial charge on any atom is 0.146 e. The van der Waals surface area contributed by atoms with Crippen molar-refractivity contribution in [3.05, 3.63) is 240 Å². The maximum atomic E-state index is 4.98. The predicted molar refractivity (Wildman–Crippen MR) is 241 cm³/mol. The zero-order valence-corrected chi connectivity index (χ0v) is 31.7. The number of aliphatic imine (C=N–C) groups is 1. The summed E-state index contributed by atoms with van der Waals surface area (Å²) in [7, 11) is 0. The van der Waals surface area contributed by atoms with E-state index in [2.05, 4.69) is 152 Å². The van der Waals surface area contributed by atoms with Crippen molar-refractivity contribution in [3.63, 3.8) is 0 Å². The molecule has 6 heteroatoms. The summed E-state index contributed by atoms with van der Waals surface area (Å²) in [4.78, 5) is 21.0.